The molecule has 1 aliphatic rings. The highest BCUT2D eigenvalue weighted by molar-refractivity contribution is 8.14. The molecule has 1 aromatic heterocycles. The summed E-state index contributed by atoms with van der Waals surface area (Å²) in [6.07, 6.45) is -2.26. The smallest absolute Gasteiger partial charge is 0.406 e. The molecule has 8 nitrogen and oxygen atoms in total. The number of anilines is 1. The van der Waals surface area contributed by atoms with E-state index in [-0.39, 0.29) is 5.75 Å². The third kappa shape index (κ3) is 7.56. The van der Waals surface area contributed by atoms with E-state index in [4.69, 9.17) is 0 Å². The third-order valence-electron chi connectivity index (χ3n) is 6.84. The number of hydrogen-bond acceptors (Lipinski definition) is 5. The number of halogens is 3. The molecule has 4 aromatic rings. The van der Waals surface area contributed by atoms with Crippen molar-refractivity contribution in [2.45, 2.75) is 46.0 Å². The van der Waals surface area contributed by atoms with E-state index in [1.807, 2.05) is 30.3 Å². The Labute approximate surface area is 252 Å². The summed E-state index contributed by atoms with van der Waals surface area (Å²) in [7, 11) is 0. The molecule has 3 aromatic carbocycles. The second-order valence-electron chi connectivity index (χ2n) is 10.3. The van der Waals surface area contributed by atoms with Crippen LogP contribution in [0.2, 0.25) is 0 Å². The monoisotopic (exact) mass is 608 g/mol. The maximum absolute atomic E-state index is 12.8. The van der Waals surface area contributed by atoms with Crippen molar-refractivity contribution < 1.29 is 22.7 Å². The van der Waals surface area contributed by atoms with Crippen molar-refractivity contribution >= 4 is 28.6 Å². The predicted octanol–water partition coefficient (Wildman–Crippen LogP) is 7.47. The number of thioether (sulfide) groups is 1. The Hall–Kier alpha value is -4.32. The lowest BCUT2D eigenvalue weighted by atomic mass is 9.95. The number of aryl methyl sites for hydroxylation is 1. The van der Waals surface area contributed by atoms with Crippen LogP contribution >= 0.6 is 11.8 Å². The van der Waals surface area contributed by atoms with Crippen molar-refractivity contribution in [1.82, 2.24) is 20.1 Å². The van der Waals surface area contributed by atoms with E-state index in [1.54, 1.807) is 11.8 Å². The molecule has 0 bridgehead atoms. The number of ether oxygens (including phenoxy) is 1. The Kier molecular flexibility index (Phi) is 9.05. The molecular weight excluding hydrogens is 577 g/mol. The number of amides is 2. The molecule has 1 N–H and O–H groups in total. The van der Waals surface area contributed by atoms with Gasteiger partial charge in [-0.3, -0.25) is 0 Å². The molecule has 224 valence electrons. The molecule has 2 amide bonds. The maximum Gasteiger partial charge on any atom is 0.573 e. The first kappa shape index (κ1) is 30.1. The second-order valence-corrected chi connectivity index (χ2v) is 11.4. The van der Waals surface area contributed by atoms with Crippen LogP contribution in [0.5, 0.6) is 5.75 Å². The van der Waals surface area contributed by atoms with Crippen molar-refractivity contribution in [1.29, 1.82) is 0 Å². The minimum Gasteiger partial charge on any atom is -0.406 e. The summed E-state index contributed by atoms with van der Waals surface area (Å²) >= 11 is 1.59. The lowest BCUT2D eigenvalue weighted by molar-refractivity contribution is -0.274. The highest BCUT2D eigenvalue weighted by atomic mass is 32.2. The summed E-state index contributed by atoms with van der Waals surface area (Å²) in [5.74, 6) is 1.39. The Morgan fingerprint density at radius 2 is 1.84 bits per heavy atom. The van der Waals surface area contributed by atoms with Crippen molar-refractivity contribution in [3.05, 3.63) is 89.7 Å². The van der Waals surface area contributed by atoms with Crippen molar-refractivity contribution in [3.8, 4) is 22.8 Å². The van der Waals surface area contributed by atoms with E-state index in [9.17, 15) is 18.0 Å². The summed E-state index contributed by atoms with van der Waals surface area (Å²) < 4.78 is 42.6. The van der Waals surface area contributed by atoms with E-state index in [0.717, 1.165) is 35.5 Å². The molecule has 0 saturated carbocycles. The number of carbonyl (C=O) groups is 1. The zero-order chi connectivity index (χ0) is 30.6. The molecule has 0 unspecified atom stereocenters. The molecule has 1 aliphatic heterocycles. The van der Waals surface area contributed by atoms with Crippen LogP contribution in [0.3, 0.4) is 0 Å². The van der Waals surface area contributed by atoms with Crippen LogP contribution in [-0.4, -0.2) is 44.6 Å². The van der Waals surface area contributed by atoms with Gasteiger partial charge in [-0.2, -0.15) is 4.99 Å². The first-order chi connectivity index (χ1) is 20.6. The number of carbonyl (C=O) groups excluding carboxylic acids is 1. The lowest BCUT2D eigenvalue weighted by Crippen LogP contribution is -2.36. The molecule has 0 spiro atoms. The van der Waals surface area contributed by atoms with Crippen LogP contribution in [0.4, 0.5) is 23.7 Å². The SMILES string of the molecule is Cc1cccc(N2CCCS/C2=N\C(=O)NCc2ccc(-c3ncn(-c4ccc(OC(F)(F)F)cc4)n3)cc2)c1C(C)C. The van der Waals surface area contributed by atoms with Crippen LogP contribution in [0.25, 0.3) is 17.1 Å². The summed E-state index contributed by atoms with van der Waals surface area (Å²) in [4.78, 5) is 23.7. The Morgan fingerprint density at radius 1 is 1.09 bits per heavy atom. The van der Waals surface area contributed by atoms with Crippen LogP contribution in [0.15, 0.2) is 78.0 Å². The number of alkyl halides is 3. The van der Waals surface area contributed by atoms with E-state index < -0.39 is 12.4 Å². The van der Waals surface area contributed by atoms with Gasteiger partial charge in [0.25, 0.3) is 0 Å². The number of aliphatic imine (C=N–C) groups is 1. The van der Waals surface area contributed by atoms with E-state index in [2.05, 4.69) is 62.9 Å². The fourth-order valence-corrected chi connectivity index (χ4v) is 5.87. The number of nitrogens with one attached hydrogen (secondary N) is 1. The number of nitrogens with zero attached hydrogens (tertiary/aromatic N) is 5. The third-order valence-corrected chi connectivity index (χ3v) is 7.90. The summed E-state index contributed by atoms with van der Waals surface area (Å²) in [6, 6.07) is 18.7. The Balaban J connectivity index is 1.21. The number of benzene rings is 3. The minimum absolute atomic E-state index is 0.302. The van der Waals surface area contributed by atoms with Gasteiger partial charge in [-0.1, -0.05) is 62.0 Å². The van der Waals surface area contributed by atoms with Gasteiger partial charge in [0.1, 0.15) is 12.1 Å². The molecule has 1 saturated heterocycles. The Morgan fingerprint density at radius 3 is 2.53 bits per heavy atom. The number of aromatic nitrogens is 3. The molecule has 43 heavy (non-hydrogen) atoms. The maximum atomic E-state index is 12.8. The highest BCUT2D eigenvalue weighted by Crippen LogP contribution is 2.34. The number of hydrogen-bond donors (Lipinski definition) is 1. The fourth-order valence-electron chi connectivity index (χ4n) is 4.92. The predicted molar refractivity (Wildman–Crippen MR) is 163 cm³/mol. The van der Waals surface area contributed by atoms with Gasteiger partial charge in [0.2, 0.25) is 0 Å². The van der Waals surface area contributed by atoms with Crippen LogP contribution in [0, 0.1) is 6.92 Å². The van der Waals surface area contributed by atoms with Gasteiger partial charge in [0.05, 0.1) is 5.69 Å². The molecule has 0 atom stereocenters. The first-order valence-corrected chi connectivity index (χ1v) is 14.8. The van der Waals surface area contributed by atoms with Gasteiger partial charge < -0.3 is 15.0 Å². The first-order valence-electron chi connectivity index (χ1n) is 13.8. The van der Waals surface area contributed by atoms with Crippen LogP contribution in [0.1, 0.15) is 42.9 Å². The van der Waals surface area contributed by atoms with E-state index in [1.165, 1.54) is 46.4 Å². The van der Waals surface area contributed by atoms with Crippen molar-refractivity contribution in [2.75, 3.05) is 17.2 Å². The largest absolute Gasteiger partial charge is 0.573 e. The van der Waals surface area contributed by atoms with Gasteiger partial charge in [0.15, 0.2) is 11.0 Å². The average Bonchev–Trinajstić information content (AvgIpc) is 3.46. The minimum atomic E-state index is -4.75. The molecule has 0 radical (unpaired) electrons. The molecule has 0 aliphatic carbocycles. The molecule has 1 fully saturated rings. The standard InChI is InChI=1S/C31H31F3N6O2S/c1-20(2)27-21(3)6-4-7-26(27)39-16-5-17-43-30(39)37-29(41)35-18-22-8-10-23(11-9-22)28-36-19-40(38-28)24-12-14-25(15-13-24)42-31(32,33)34/h4,6-15,19-20H,5,16-18H2,1-3H3,(H,35,41)/b37-30-. The van der Waals surface area contributed by atoms with E-state index >= 15 is 0 Å². The van der Waals surface area contributed by atoms with Gasteiger partial charge >= 0.3 is 12.4 Å². The summed E-state index contributed by atoms with van der Waals surface area (Å²) in [6.45, 7) is 7.59. The van der Waals surface area contributed by atoms with Crippen LogP contribution in [-0.2, 0) is 6.54 Å². The molecule has 12 heteroatoms. The number of amidine groups is 1. The lowest BCUT2D eigenvalue weighted by Gasteiger charge is -2.32. The quantitative estimate of drug-likeness (QED) is 0.234. The fraction of sp³-hybridized carbons (Fsp3) is 0.290. The van der Waals surface area contributed by atoms with Gasteiger partial charge in [-0.25, -0.2) is 14.5 Å². The van der Waals surface area contributed by atoms with Crippen molar-refractivity contribution in [2.24, 2.45) is 4.99 Å². The topological polar surface area (TPSA) is 84.6 Å². The van der Waals surface area contributed by atoms with Gasteiger partial charge in [0, 0.05) is 30.1 Å². The molecule has 2 heterocycles. The molecule has 5 rings (SSSR count). The van der Waals surface area contributed by atoms with Gasteiger partial charge in [-0.05, 0) is 66.3 Å². The summed E-state index contributed by atoms with van der Waals surface area (Å²) in [5.41, 5.74) is 5.77. The highest BCUT2D eigenvalue weighted by Gasteiger charge is 2.31. The Bertz CT molecular complexity index is 1600. The van der Waals surface area contributed by atoms with E-state index in [0.29, 0.717) is 29.1 Å². The number of urea groups is 1. The zero-order valence-corrected chi connectivity index (χ0v) is 24.7. The zero-order valence-electron chi connectivity index (χ0n) is 23.9. The van der Waals surface area contributed by atoms with Crippen LogP contribution < -0.4 is 15.0 Å². The number of rotatable bonds is 7. The molecular formula is C31H31F3N6O2S. The van der Waals surface area contributed by atoms with Gasteiger partial charge in [-0.15, -0.1) is 18.3 Å². The average molecular weight is 609 g/mol. The van der Waals surface area contributed by atoms with Crippen molar-refractivity contribution in [3.63, 3.8) is 0 Å². The summed E-state index contributed by atoms with van der Waals surface area (Å²) in [5, 5.41) is 8.02. The second kappa shape index (κ2) is 12.9. The normalized spacial score (nSPS) is 14.8.